The Kier molecular flexibility index (Phi) is 3.63. The van der Waals surface area contributed by atoms with Crippen LogP contribution in [0.4, 0.5) is 5.69 Å². The summed E-state index contributed by atoms with van der Waals surface area (Å²) in [6.45, 7) is 1.84. The van der Waals surface area contributed by atoms with Crippen LogP contribution in [0.25, 0.3) is 0 Å². The number of nitrogen functional groups attached to an aromatic ring is 1. The van der Waals surface area contributed by atoms with Crippen molar-refractivity contribution in [3.05, 3.63) is 58.4 Å². The number of benzene rings is 1. The summed E-state index contributed by atoms with van der Waals surface area (Å²) in [7, 11) is 0. The number of Topliss-reactive ketones (excluding diaryl/α,β-unsaturated/α-hetero) is 1. The molecule has 0 saturated heterocycles. The second kappa shape index (κ2) is 5.19. The number of nitrogens with two attached hydrogens (primary N) is 1. The van der Waals surface area contributed by atoms with Gasteiger partial charge < -0.3 is 5.73 Å². The smallest absolute Gasteiger partial charge is 0.167 e. The summed E-state index contributed by atoms with van der Waals surface area (Å²) in [5.74, 6) is 0.00731. The summed E-state index contributed by atoms with van der Waals surface area (Å²) < 4.78 is 0. The first-order chi connectivity index (χ1) is 8.59. The number of nitrogens with zero attached hydrogens (tertiary/aromatic N) is 1. The van der Waals surface area contributed by atoms with E-state index in [1.807, 2.05) is 6.92 Å². The van der Waals surface area contributed by atoms with Crippen molar-refractivity contribution >= 4 is 23.1 Å². The average molecular weight is 261 g/mol. The number of rotatable bonds is 3. The fourth-order valence-corrected chi connectivity index (χ4v) is 1.96. The molecule has 0 amide bonds. The molecule has 0 unspecified atom stereocenters. The van der Waals surface area contributed by atoms with E-state index in [0.29, 0.717) is 16.3 Å². The number of pyridine rings is 1. The molecule has 1 heterocycles. The Hall–Kier alpha value is -1.87. The van der Waals surface area contributed by atoms with Gasteiger partial charge in [0.05, 0.1) is 5.02 Å². The van der Waals surface area contributed by atoms with Gasteiger partial charge >= 0.3 is 0 Å². The zero-order valence-electron chi connectivity index (χ0n) is 9.98. The van der Waals surface area contributed by atoms with E-state index in [0.717, 1.165) is 11.1 Å². The van der Waals surface area contributed by atoms with Crippen LogP contribution in [0.1, 0.15) is 21.5 Å². The van der Waals surface area contributed by atoms with Crippen molar-refractivity contribution in [2.75, 3.05) is 5.73 Å². The first-order valence-corrected chi connectivity index (χ1v) is 5.94. The van der Waals surface area contributed by atoms with Crippen LogP contribution in [0, 0.1) is 6.92 Å². The van der Waals surface area contributed by atoms with Gasteiger partial charge in [0.2, 0.25) is 0 Å². The highest BCUT2D eigenvalue weighted by atomic mass is 35.5. The van der Waals surface area contributed by atoms with Gasteiger partial charge in [-0.05, 0) is 30.2 Å². The van der Waals surface area contributed by atoms with E-state index >= 15 is 0 Å². The van der Waals surface area contributed by atoms with Crippen molar-refractivity contribution in [3.8, 4) is 0 Å². The largest absolute Gasteiger partial charge is 0.398 e. The van der Waals surface area contributed by atoms with Gasteiger partial charge in [-0.2, -0.15) is 0 Å². The van der Waals surface area contributed by atoms with Crippen molar-refractivity contribution in [2.24, 2.45) is 0 Å². The van der Waals surface area contributed by atoms with Crippen LogP contribution in [-0.2, 0) is 6.42 Å². The molecule has 92 valence electrons. The molecule has 18 heavy (non-hydrogen) atoms. The van der Waals surface area contributed by atoms with Gasteiger partial charge in [-0.25, -0.2) is 0 Å². The molecule has 0 aliphatic heterocycles. The van der Waals surface area contributed by atoms with Crippen molar-refractivity contribution in [1.29, 1.82) is 0 Å². The van der Waals surface area contributed by atoms with Crippen molar-refractivity contribution in [1.82, 2.24) is 4.98 Å². The van der Waals surface area contributed by atoms with E-state index in [2.05, 4.69) is 4.98 Å². The maximum absolute atomic E-state index is 12.2. The van der Waals surface area contributed by atoms with Crippen LogP contribution < -0.4 is 5.73 Å². The van der Waals surface area contributed by atoms with Gasteiger partial charge in [-0.15, -0.1) is 0 Å². The fraction of sp³-hybridized carbons (Fsp3) is 0.143. The molecule has 4 heteroatoms. The number of carbonyl (C=O) groups excluding carboxylic acids is 1. The quantitative estimate of drug-likeness (QED) is 0.682. The average Bonchev–Trinajstić information content (AvgIpc) is 2.35. The topological polar surface area (TPSA) is 56.0 Å². The predicted octanol–water partition coefficient (Wildman–Crippen LogP) is 3.05. The van der Waals surface area contributed by atoms with E-state index in [1.165, 1.54) is 6.20 Å². The number of hydrogen-bond acceptors (Lipinski definition) is 3. The normalized spacial score (nSPS) is 10.3. The first-order valence-electron chi connectivity index (χ1n) is 5.56. The third kappa shape index (κ3) is 2.51. The van der Waals surface area contributed by atoms with E-state index in [1.54, 1.807) is 30.5 Å². The van der Waals surface area contributed by atoms with Gasteiger partial charge in [-0.1, -0.05) is 23.7 Å². The Morgan fingerprint density at radius 2 is 2.17 bits per heavy atom. The van der Waals surface area contributed by atoms with E-state index in [-0.39, 0.29) is 12.2 Å². The molecule has 2 aromatic rings. The van der Waals surface area contributed by atoms with Crippen LogP contribution in [0.15, 0.2) is 36.7 Å². The minimum absolute atomic E-state index is 0.00731. The van der Waals surface area contributed by atoms with Crippen LogP contribution >= 0.6 is 11.6 Å². The number of aromatic nitrogens is 1. The summed E-state index contributed by atoms with van der Waals surface area (Å²) in [5, 5.41) is 0.507. The summed E-state index contributed by atoms with van der Waals surface area (Å²) in [6, 6.07) is 7.10. The van der Waals surface area contributed by atoms with Gasteiger partial charge in [0.15, 0.2) is 5.78 Å². The van der Waals surface area contributed by atoms with Crippen molar-refractivity contribution < 1.29 is 4.79 Å². The van der Waals surface area contributed by atoms with Gasteiger partial charge in [0, 0.05) is 30.1 Å². The molecule has 2 rings (SSSR count). The Labute approximate surface area is 111 Å². The summed E-state index contributed by atoms with van der Waals surface area (Å²) >= 11 is 5.99. The lowest BCUT2D eigenvalue weighted by molar-refractivity contribution is 0.0992. The van der Waals surface area contributed by atoms with Crippen molar-refractivity contribution in [2.45, 2.75) is 13.3 Å². The molecule has 0 spiro atoms. The monoisotopic (exact) mass is 260 g/mol. The van der Waals surface area contributed by atoms with Gasteiger partial charge in [0.1, 0.15) is 0 Å². The van der Waals surface area contributed by atoms with E-state index in [4.69, 9.17) is 17.3 Å². The zero-order valence-corrected chi connectivity index (χ0v) is 10.7. The van der Waals surface area contributed by atoms with E-state index < -0.39 is 0 Å². The maximum Gasteiger partial charge on any atom is 0.167 e. The third-order valence-electron chi connectivity index (χ3n) is 2.88. The molecule has 2 N–H and O–H groups in total. The Morgan fingerprint density at radius 3 is 2.89 bits per heavy atom. The number of anilines is 1. The molecular formula is C14H13ClN2O. The Balaban J connectivity index is 2.28. The second-order valence-corrected chi connectivity index (χ2v) is 4.49. The first kappa shape index (κ1) is 12.6. The summed E-state index contributed by atoms with van der Waals surface area (Å²) in [6.07, 6.45) is 3.42. The molecule has 0 bridgehead atoms. The molecule has 0 aliphatic rings. The Bertz CT molecular complexity index is 596. The standard InChI is InChI=1S/C14H13ClN2O/c1-9-11(3-2-4-13(9)16)14(18)7-10-5-6-17-8-12(10)15/h2-6,8H,7,16H2,1H3. The molecule has 0 aliphatic carbocycles. The molecule has 0 radical (unpaired) electrons. The summed E-state index contributed by atoms with van der Waals surface area (Å²) in [4.78, 5) is 16.1. The minimum atomic E-state index is 0.00731. The highest BCUT2D eigenvalue weighted by Gasteiger charge is 2.12. The maximum atomic E-state index is 12.2. The molecule has 0 saturated carbocycles. The lowest BCUT2D eigenvalue weighted by Gasteiger charge is -2.08. The van der Waals surface area contributed by atoms with Crippen LogP contribution in [0.5, 0.6) is 0 Å². The zero-order chi connectivity index (χ0) is 13.1. The number of carbonyl (C=O) groups is 1. The van der Waals surface area contributed by atoms with Gasteiger partial charge in [-0.3, -0.25) is 9.78 Å². The molecule has 0 atom stereocenters. The third-order valence-corrected chi connectivity index (χ3v) is 3.22. The second-order valence-electron chi connectivity index (χ2n) is 4.09. The minimum Gasteiger partial charge on any atom is -0.398 e. The van der Waals surface area contributed by atoms with Crippen LogP contribution in [-0.4, -0.2) is 10.8 Å². The lowest BCUT2D eigenvalue weighted by atomic mass is 9.99. The van der Waals surface area contributed by atoms with Crippen LogP contribution in [0.2, 0.25) is 5.02 Å². The summed E-state index contributed by atoms with van der Waals surface area (Å²) in [5.41, 5.74) is 8.65. The van der Waals surface area contributed by atoms with E-state index in [9.17, 15) is 4.79 Å². The van der Waals surface area contributed by atoms with Gasteiger partial charge in [0.25, 0.3) is 0 Å². The molecular weight excluding hydrogens is 248 g/mol. The molecule has 3 nitrogen and oxygen atoms in total. The predicted molar refractivity (Wildman–Crippen MR) is 72.9 cm³/mol. The van der Waals surface area contributed by atoms with Crippen molar-refractivity contribution in [3.63, 3.8) is 0 Å². The number of ketones is 1. The SMILES string of the molecule is Cc1c(N)cccc1C(=O)Cc1ccncc1Cl. The Morgan fingerprint density at radius 1 is 1.39 bits per heavy atom. The highest BCUT2D eigenvalue weighted by Crippen LogP contribution is 2.20. The lowest BCUT2D eigenvalue weighted by Crippen LogP contribution is -2.07. The fourth-order valence-electron chi connectivity index (χ4n) is 1.77. The number of hydrogen-bond donors (Lipinski definition) is 1. The highest BCUT2D eigenvalue weighted by molar-refractivity contribution is 6.31. The molecule has 0 fully saturated rings. The van der Waals surface area contributed by atoms with Crippen LogP contribution in [0.3, 0.4) is 0 Å². The number of halogens is 1. The molecule has 1 aromatic heterocycles. The molecule has 1 aromatic carbocycles.